The molecule has 0 aliphatic carbocycles. The molecule has 0 spiro atoms. The summed E-state index contributed by atoms with van der Waals surface area (Å²) < 4.78 is 44.5. The Hall–Kier alpha value is -2.39. The molecule has 0 saturated carbocycles. The first-order valence-electron chi connectivity index (χ1n) is 5.50. The molecule has 0 aliphatic rings. The zero-order chi connectivity index (χ0) is 14.8. The predicted molar refractivity (Wildman–Crippen MR) is 61.9 cm³/mol. The van der Waals surface area contributed by atoms with Crippen LogP contribution in [-0.4, -0.2) is 32.0 Å². The van der Waals surface area contributed by atoms with E-state index in [1.54, 1.807) is 13.2 Å². The number of anilines is 1. The fourth-order valence-electron chi connectivity index (χ4n) is 1.36. The van der Waals surface area contributed by atoms with Crippen LogP contribution in [0.1, 0.15) is 11.4 Å². The van der Waals surface area contributed by atoms with Crippen LogP contribution in [0.3, 0.4) is 0 Å². The first kappa shape index (κ1) is 14.0. The smallest absolute Gasteiger partial charge is 0.433 e. The average molecular weight is 288 g/mol. The maximum atomic E-state index is 12.7. The van der Waals surface area contributed by atoms with E-state index in [9.17, 15) is 13.2 Å². The molecule has 20 heavy (non-hydrogen) atoms. The monoisotopic (exact) mass is 288 g/mol. The van der Waals surface area contributed by atoms with Gasteiger partial charge in [-0.1, -0.05) is 5.21 Å². The summed E-state index contributed by atoms with van der Waals surface area (Å²) in [6.07, 6.45) is -2.99. The van der Waals surface area contributed by atoms with E-state index in [0.717, 1.165) is 6.07 Å². The Labute approximate surface area is 111 Å². The normalized spacial score (nSPS) is 11.4. The Morgan fingerprint density at radius 3 is 2.65 bits per heavy atom. The Balaban J connectivity index is 2.18. The van der Waals surface area contributed by atoms with Crippen molar-refractivity contribution in [2.24, 2.45) is 7.05 Å². The summed E-state index contributed by atoms with van der Waals surface area (Å²) in [6.45, 7) is -0.0711. The lowest BCUT2D eigenvalue weighted by atomic mass is 10.4. The van der Waals surface area contributed by atoms with Gasteiger partial charge in [-0.05, 0) is 0 Å². The number of aryl methyl sites for hydroxylation is 1. The minimum absolute atomic E-state index is 0.0153. The molecule has 10 heteroatoms. The third-order valence-electron chi connectivity index (χ3n) is 2.25. The van der Waals surface area contributed by atoms with Crippen molar-refractivity contribution in [2.45, 2.75) is 12.8 Å². The standard InChI is InChI=1S/C10H11F3N6O/c1-14-8-3-7(10(11,12)13)15-9(16-8)20-5-6-4-19(2)18-17-6/h3-4H,5H2,1-2H3,(H,14,15,16). The molecule has 0 radical (unpaired) electrons. The molecule has 2 heterocycles. The highest BCUT2D eigenvalue weighted by Gasteiger charge is 2.34. The van der Waals surface area contributed by atoms with Gasteiger partial charge in [-0.25, -0.2) is 0 Å². The molecule has 2 aromatic rings. The largest absolute Gasteiger partial charge is 0.457 e. The van der Waals surface area contributed by atoms with E-state index in [1.165, 1.54) is 11.7 Å². The Bertz CT molecular complexity index is 597. The number of nitrogens with zero attached hydrogens (tertiary/aromatic N) is 5. The lowest BCUT2D eigenvalue weighted by Crippen LogP contribution is -2.12. The summed E-state index contributed by atoms with van der Waals surface area (Å²) >= 11 is 0. The Morgan fingerprint density at radius 2 is 2.10 bits per heavy atom. The number of aromatic nitrogens is 5. The quantitative estimate of drug-likeness (QED) is 0.912. The highest BCUT2D eigenvalue weighted by Crippen LogP contribution is 2.30. The molecule has 0 fully saturated rings. The molecule has 0 aliphatic heterocycles. The summed E-state index contributed by atoms with van der Waals surface area (Å²) in [7, 11) is 3.12. The van der Waals surface area contributed by atoms with Gasteiger partial charge in [0, 0.05) is 20.2 Å². The first-order chi connectivity index (χ1) is 9.38. The van der Waals surface area contributed by atoms with Crippen LogP contribution >= 0.6 is 0 Å². The van der Waals surface area contributed by atoms with Crippen molar-refractivity contribution in [1.82, 2.24) is 25.0 Å². The summed E-state index contributed by atoms with van der Waals surface area (Å²) in [6, 6.07) is 0.421. The van der Waals surface area contributed by atoms with Gasteiger partial charge in [0.15, 0.2) is 5.69 Å². The van der Waals surface area contributed by atoms with Crippen LogP contribution in [0.5, 0.6) is 6.01 Å². The van der Waals surface area contributed by atoms with Crippen LogP contribution in [-0.2, 0) is 19.8 Å². The average Bonchev–Trinajstić information content (AvgIpc) is 2.81. The van der Waals surface area contributed by atoms with Crippen molar-refractivity contribution in [3.8, 4) is 6.01 Å². The van der Waals surface area contributed by atoms with Gasteiger partial charge < -0.3 is 10.1 Å². The van der Waals surface area contributed by atoms with Crippen molar-refractivity contribution in [2.75, 3.05) is 12.4 Å². The van der Waals surface area contributed by atoms with Gasteiger partial charge in [0.25, 0.3) is 0 Å². The zero-order valence-electron chi connectivity index (χ0n) is 10.6. The Kier molecular flexibility index (Phi) is 3.72. The number of rotatable bonds is 4. The highest BCUT2D eigenvalue weighted by atomic mass is 19.4. The summed E-state index contributed by atoms with van der Waals surface area (Å²) in [5.41, 5.74) is -0.620. The van der Waals surface area contributed by atoms with Crippen LogP contribution in [0, 0.1) is 0 Å². The van der Waals surface area contributed by atoms with E-state index in [1.807, 2.05) is 0 Å². The van der Waals surface area contributed by atoms with Gasteiger partial charge in [-0.3, -0.25) is 4.68 Å². The van der Waals surface area contributed by atoms with E-state index in [-0.39, 0.29) is 18.4 Å². The maximum absolute atomic E-state index is 12.7. The molecule has 0 saturated heterocycles. The molecule has 0 bridgehead atoms. The number of nitrogens with one attached hydrogen (secondary N) is 1. The lowest BCUT2D eigenvalue weighted by Gasteiger charge is -2.10. The molecule has 0 unspecified atom stereocenters. The number of alkyl halides is 3. The minimum Gasteiger partial charge on any atom is -0.457 e. The van der Waals surface area contributed by atoms with Crippen LogP contribution in [0.4, 0.5) is 19.0 Å². The molecule has 2 rings (SSSR count). The van der Waals surface area contributed by atoms with E-state index in [2.05, 4.69) is 25.6 Å². The van der Waals surface area contributed by atoms with Gasteiger partial charge in [0.2, 0.25) is 0 Å². The zero-order valence-corrected chi connectivity index (χ0v) is 10.6. The van der Waals surface area contributed by atoms with E-state index >= 15 is 0 Å². The summed E-state index contributed by atoms with van der Waals surface area (Å²) in [5.74, 6) is 0.0153. The molecule has 0 atom stereocenters. The van der Waals surface area contributed by atoms with Gasteiger partial charge in [-0.2, -0.15) is 23.1 Å². The third-order valence-corrected chi connectivity index (χ3v) is 2.25. The number of halogens is 3. The molecule has 1 N–H and O–H groups in total. The maximum Gasteiger partial charge on any atom is 0.433 e. The topological polar surface area (TPSA) is 77.8 Å². The fourth-order valence-corrected chi connectivity index (χ4v) is 1.36. The molecule has 0 amide bonds. The number of ether oxygens (including phenoxy) is 1. The highest BCUT2D eigenvalue weighted by molar-refractivity contribution is 5.37. The van der Waals surface area contributed by atoms with Crippen LogP contribution in [0.15, 0.2) is 12.3 Å². The SMILES string of the molecule is CNc1cc(C(F)(F)F)nc(OCc2cn(C)nn2)n1. The van der Waals surface area contributed by atoms with Crippen LogP contribution in [0.25, 0.3) is 0 Å². The molecule has 2 aromatic heterocycles. The lowest BCUT2D eigenvalue weighted by molar-refractivity contribution is -0.141. The van der Waals surface area contributed by atoms with Gasteiger partial charge in [0.05, 0.1) is 6.20 Å². The van der Waals surface area contributed by atoms with Crippen molar-refractivity contribution < 1.29 is 17.9 Å². The van der Waals surface area contributed by atoms with Crippen molar-refractivity contribution in [3.63, 3.8) is 0 Å². The molecular weight excluding hydrogens is 277 g/mol. The van der Waals surface area contributed by atoms with Gasteiger partial charge in [0.1, 0.15) is 18.1 Å². The van der Waals surface area contributed by atoms with E-state index < -0.39 is 11.9 Å². The molecule has 0 aromatic carbocycles. The van der Waals surface area contributed by atoms with E-state index in [4.69, 9.17) is 4.74 Å². The third kappa shape index (κ3) is 3.33. The number of hydrogen-bond donors (Lipinski definition) is 1. The molecular formula is C10H11F3N6O. The van der Waals surface area contributed by atoms with Crippen molar-refractivity contribution in [1.29, 1.82) is 0 Å². The van der Waals surface area contributed by atoms with Crippen molar-refractivity contribution >= 4 is 5.82 Å². The molecule has 108 valence electrons. The van der Waals surface area contributed by atoms with Gasteiger partial charge >= 0.3 is 12.2 Å². The van der Waals surface area contributed by atoms with Gasteiger partial charge in [-0.15, -0.1) is 5.10 Å². The van der Waals surface area contributed by atoms with Crippen molar-refractivity contribution in [3.05, 3.63) is 23.7 Å². The van der Waals surface area contributed by atoms with Crippen LogP contribution in [0.2, 0.25) is 0 Å². The van der Waals surface area contributed by atoms with E-state index in [0.29, 0.717) is 5.69 Å². The first-order valence-corrected chi connectivity index (χ1v) is 5.50. The summed E-state index contributed by atoms with van der Waals surface area (Å²) in [5, 5.41) is 9.93. The number of hydrogen-bond acceptors (Lipinski definition) is 6. The van der Waals surface area contributed by atoms with Crippen LogP contribution < -0.4 is 10.1 Å². The summed E-state index contributed by atoms with van der Waals surface area (Å²) in [4.78, 5) is 7.11. The minimum atomic E-state index is -4.57. The Morgan fingerprint density at radius 1 is 1.35 bits per heavy atom. The molecule has 7 nitrogen and oxygen atoms in total. The second kappa shape index (κ2) is 5.31. The second-order valence-electron chi connectivity index (χ2n) is 3.84. The second-order valence-corrected chi connectivity index (χ2v) is 3.84. The predicted octanol–water partition coefficient (Wildman–Crippen LogP) is 1.24. The fraction of sp³-hybridized carbons (Fsp3) is 0.400.